The Balaban J connectivity index is 1.74. The molecule has 0 unspecified atom stereocenters. The van der Waals surface area contributed by atoms with E-state index in [2.05, 4.69) is 38.0 Å². The molecule has 2 aromatic rings. The van der Waals surface area contributed by atoms with Gasteiger partial charge in [-0.1, -0.05) is 37.6 Å². The van der Waals surface area contributed by atoms with Gasteiger partial charge in [-0.25, -0.2) is 16.4 Å². The van der Waals surface area contributed by atoms with E-state index in [9.17, 15) is 9.90 Å². The second kappa shape index (κ2) is 11.4. The summed E-state index contributed by atoms with van der Waals surface area (Å²) < 4.78 is 0. The number of pyridine rings is 1. The molecule has 3 rings (SSSR count). The minimum absolute atomic E-state index is 0.199. The monoisotopic (exact) mass is 439 g/mol. The number of nitrogens with zero attached hydrogens (tertiary/aromatic N) is 3. The van der Waals surface area contributed by atoms with E-state index < -0.39 is 17.8 Å². The molecule has 0 aliphatic carbocycles. The van der Waals surface area contributed by atoms with E-state index in [1.54, 1.807) is 0 Å². The molecule has 7 N–H and O–H groups in total. The van der Waals surface area contributed by atoms with Crippen molar-refractivity contribution in [3.05, 3.63) is 48.2 Å². The van der Waals surface area contributed by atoms with Crippen molar-refractivity contribution in [2.24, 2.45) is 28.5 Å². The van der Waals surface area contributed by atoms with Crippen molar-refractivity contribution in [2.75, 3.05) is 31.1 Å². The summed E-state index contributed by atoms with van der Waals surface area (Å²) in [5.74, 6) is 4.52. The van der Waals surface area contributed by atoms with Crippen LogP contribution in [-0.4, -0.2) is 48.1 Å². The van der Waals surface area contributed by atoms with Crippen molar-refractivity contribution in [3.63, 3.8) is 0 Å². The lowest BCUT2D eigenvalue weighted by molar-refractivity contribution is -0.143. The number of aliphatic carboxylic acids is 1. The Morgan fingerprint density at radius 1 is 1.19 bits per heavy atom. The second-order valence-electron chi connectivity index (χ2n) is 8.05. The number of hydrogen-bond acceptors (Lipinski definition) is 7. The van der Waals surface area contributed by atoms with Crippen LogP contribution in [0.1, 0.15) is 25.3 Å². The maximum absolute atomic E-state index is 11.8. The number of hydrazine groups is 1. The van der Waals surface area contributed by atoms with Gasteiger partial charge in [0.25, 0.3) is 0 Å². The minimum Gasteiger partial charge on any atom is -0.481 e. The van der Waals surface area contributed by atoms with Crippen molar-refractivity contribution < 1.29 is 9.90 Å². The van der Waals surface area contributed by atoms with Crippen LogP contribution in [0.25, 0.3) is 11.1 Å². The van der Waals surface area contributed by atoms with Gasteiger partial charge < -0.3 is 21.1 Å². The molecule has 0 radical (unpaired) electrons. The highest BCUT2D eigenvalue weighted by Gasteiger charge is 2.30. The number of anilines is 1. The first kappa shape index (κ1) is 23.5. The summed E-state index contributed by atoms with van der Waals surface area (Å²) in [6.07, 6.45) is 3.62. The highest BCUT2D eigenvalue weighted by atomic mass is 16.4. The smallest absolute Gasteiger partial charge is 0.307 e. The Labute approximate surface area is 188 Å². The van der Waals surface area contributed by atoms with E-state index in [0.29, 0.717) is 12.8 Å². The summed E-state index contributed by atoms with van der Waals surface area (Å²) in [4.78, 5) is 18.8. The van der Waals surface area contributed by atoms with Gasteiger partial charge in [-0.05, 0) is 36.1 Å². The first-order chi connectivity index (χ1) is 15.5. The molecule has 0 amide bonds. The lowest BCUT2D eigenvalue weighted by Gasteiger charge is -2.28. The third kappa shape index (κ3) is 5.95. The van der Waals surface area contributed by atoms with Crippen molar-refractivity contribution >= 4 is 17.6 Å². The molecule has 1 fully saturated rings. The molecule has 2 atom stereocenters. The molecule has 1 aromatic heterocycles. The summed E-state index contributed by atoms with van der Waals surface area (Å²) in [5, 5.41) is 16.9. The van der Waals surface area contributed by atoms with E-state index in [-0.39, 0.29) is 5.84 Å². The van der Waals surface area contributed by atoms with Crippen LogP contribution < -0.4 is 27.3 Å². The molecule has 1 aliphatic heterocycles. The third-order valence-corrected chi connectivity index (χ3v) is 5.91. The molecular weight excluding hydrogens is 406 g/mol. The lowest BCUT2D eigenvalue weighted by Crippen LogP contribution is -2.43. The van der Waals surface area contributed by atoms with Crippen LogP contribution in [0.5, 0.6) is 0 Å². The summed E-state index contributed by atoms with van der Waals surface area (Å²) in [6, 6.07) is 12.2. The Morgan fingerprint density at radius 3 is 2.44 bits per heavy atom. The fourth-order valence-electron chi connectivity index (χ4n) is 4.14. The van der Waals surface area contributed by atoms with Crippen LogP contribution >= 0.6 is 0 Å². The normalized spacial score (nSPS) is 16.4. The molecule has 0 saturated carbocycles. The van der Waals surface area contributed by atoms with E-state index >= 15 is 0 Å². The number of hydrazone groups is 1. The molecule has 9 nitrogen and oxygen atoms in total. The second-order valence-corrected chi connectivity index (χ2v) is 8.05. The van der Waals surface area contributed by atoms with Gasteiger partial charge in [0.05, 0.1) is 5.92 Å². The number of piperazine rings is 1. The SMILES string of the molecule is CCC[C@H](C(=O)O)[C@H](Cc1ccc(-c2ccc(N3CCNCC3)nc2)cc1)/C(N)=N/NN. The van der Waals surface area contributed by atoms with Crippen LogP contribution in [0, 0.1) is 11.8 Å². The van der Waals surface area contributed by atoms with Crippen LogP contribution in [0.3, 0.4) is 0 Å². The average Bonchev–Trinajstić information content (AvgIpc) is 2.82. The number of carboxylic acid groups (broad SMARTS) is 1. The molecular formula is C23H33N7O2. The number of carboxylic acids is 1. The van der Waals surface area contributed by atoms with Gasteiger partial charge in [0.15, 0.2) is 0 Å². The minimum atomic E-state index is -0.876. The zero-order chi connectivity index (χ0) is 22.9. The first-order valence-electron chi connectivity index (χ1n) is 11.1. The average molecular weight is 440 g/mol. The van der Waals surface area contributed by atoms with E-state index in [1.807, 2.05) is 37.4 Å². The highest BCUT2D eigenvalue weighted by Crippen LogP contribution is 2.26. The summed E-state index contributed by atoms with van der Waals surface area (Å²) in [7, 11) is 0. The Kier molecular flexibility index (Phi) is 8.41. The van der Waals surface area contributed by atoms with Gasteiger partial charge in [0.2, 0.25) is 0 Å². The van der Waals surface area contributed by atoms with E-state index in [1.165, 1.54) is 0 Å². The number of aromatic nitrogens is 1. The van der Waals surface area contributed by atoms with Gasteiger partial charge in [-0.2, -0.15) is 5.10 Å². The maximum atomic E-state index is 11.8. The third-order valence-electron chi connectivity index (χ3n) is 5.91. The Hall–Kier alpha value is -3.17. The number of rotatable bonds is 10. The molecule has 172 valence electrons. The van der Waals surface area contributed by atoms with E-state index in [4.69, 9.17) is 11.6 Å². The van der Waals surface area contributed by atoms with Crippen molar-refractivity contribution in [1.29, 1.82) is 0 Å². The summed E-state index contributed by atoms with van der Waals surface area (Å²) in [6.45, 7) is 5.83. The van der Waals surface area contributed by atoms with Crippen LogP contribution in [0.2, 0.25) is 0 Å². The first-order valence-corrected chi connectivity index (χ1v) is 11.1. The zero-order valence-corrected chi connectivity index (χ0v) is 18.5. The molecule has 0 bridgehead atoms. The quantitative estimate of drug-likeness (QED) is 0.162. The molecule has 9 heteroatoms. The number of nitrogens with two attached hydrogens (primary N) is 2. The van der Waals surface area contributed by atoms with Crippen LogP contribution in [0.15, 0.2) is 47.7 Å². The zero-order valence-electron chi connectivity index (χ0n) is 18.5. The largest absolute Gasteiger partial charge is 0.481 e. The standard InChI is InChI=1S/C23H33N7O2/c1-2-3-19(23(31)32)20(22(24)28-29-25)14-16-4-6-17(7-5-16)18-8-9-21(27-15-18)30-12-10-26-11-13-30/h4-9,15,19-20,26,29H,2-3,10-14,25H2,1H3,(H2,24,28)(H,31,32)/t19-,20-/m0/s1. The lowest BCUT2D eigenvalue weighted by atomic mass is 9.83. The topological polar surface area (TPSA) is 142 Å². The predicted octanol–water partition coefficient (Wildman–Crippen LogP) is 1.55. The number of nitrogens with one attached hydrogen (secondary N) is 2. The summed E-state index contributed by atoms with van der Waals surface area (Å²) >= 11 is 0. The number of carbonyl (C=O) groups is 1. The van der Waals surface area contributed by atoms with Gasteiger partial charge >= 0.3 is 5.97 Å². The number of amidine groups is 1. The summed E-state index contributed by atoms with van der Waals surface area (Å²) in [5.41, 5.74) is 11.3. The number of benzene rings is 1. The molecule has 1 aromatic carbocycles. The Morgan fingerprint density at radius 2 is 1.88 bits per heavy atom. The van der Waals surface area contributed by atoms with Crippen LogP contribution in [0.4, 0.5) is 5.82 Å². The molecule has 2 heterocycles. The maximum Gasteiger partial charge on any atom is 0.307 e. The molecule has 32 heavy (non-hydrogen) atoms. The predicted molar refractivity (Wildman–Crippen MR) is 127 cm³/mol. The van der Waals surface area contributed by atoms with Crippen molar-refractivity contribution in [2.45, 2.75) is 26.2 Å². The fourth-order valence-corrected chi connectivity index (χ4v) is 4.14. The number of hydrogen-bond donors (Lipinski definition) is 5. The van der Waals surface area contributed by atoms with Crippen molar-refractivity contribution in [3.8, 4) is 11.1 Å². The molecule has 0 spiro atoms. The van der Waals surface area contributed by atoms with Gasteiger partial charge in [-0.15, -0.1) is 0 Å². The van der Waals surface area contributed by atoms with Crippen molar-refractivity contribution in [1.82, 2.24) is 15.8 Å². The van der Waals surface area contributed by atoms with E-state index in [0.717, 1.165) is 55.1 Å². The van der Waals surface area contributed by atoms with Gasteiger partial charge in [0.1, 0.15) is 11.7 Å². The fraction of sp³-hybridized carbons (Fsp3) is 0.435. The van der Waals surface area contributed by atoms with Crippen LogP contribution in [-0.2, 0) is 11.2 Å². The highest BCUT2D eigenvalue weighted by molar-refractivity contribution is 5.87. The van der Waals surface area contributed by atoms with Gasteiger partial charge in [0, 0.05) is 43.9 Å². The van der Waals surface area contributed by atoms with Gasteiger partial charge in [-0.3, -0.25) is 4.79 Å². The molecule has 1 saturated heterocycles. The molecule has 1 aliphatic rings. The Bertz CT molecular complexity index is 894.